The van der Waals surface area contributed by atoms with Gasteiger partial charge in [0.15, 0.2) is 11.6 Å². The molecular formula is C21H23F2N3O2. The van der Waals surface area contributed by atoms with E-state index < -0.39 is 17.2 Å². The Labute approximate surface area is 161 Å². The second-order valence-electron chi connectivity index (χ2n) is 9.75. The van der Waals surface area contributed by atoms with E-state index in [0.29, 0.717) is 48.0 Å². The molecule has 1 heterocycles. The number of hydrogen-bond donors (Lipinski definition) is 2. The van der Waals surface area contributed by atoms with Crippen molar-refractivity contribution in [1.29, 1.82) is 0 Å². The maximum Gasteiger partial charge on any atom is 0.223 e. The van der Waals surface area contributed by atoms with E-state index in [2.05, 4.69) is 10.3 Å². The summed E-state index contributed by atoms with van der Waals surface area (Å²) in [5.41, 5.74) is 0.468. The highest BCUT2D eigenvalue weighted by Gasteiger charge is 2.68. The number of carbonyl (C=O) groups is 1. The molecule has 7 heteroatoms. The van der Waals surface area contributed by atoms with Crippen molar-refractivity contribution >= 4 is 16.9 Å². The van der Waals surface area contributed by atoms with Crippen LogP contribution in [0.25, 0.3) is 11.0 Å². The second-order valence-corrected chi connectivity index (χ2v) is 9.75. The van der Waals surface area contributed by atoms with Crippen molar-refractivity contribution in [1.82, 2.24) is 14.9 Å². The number of benzene rings is 1. The van der Waals surface area contributed by atoms with Gasteiger partial charge in [-0.05, 0) is 49.9 Å². The maximum absolute atomic E-state index is 13.7. The van der Waals surface area contributed by atoms with E-state index in [9.17, 15) is 18.7 Å². The maximum atomic E-state index is 13.7. The van der Waals surface area contributed by atoms with Gasteiger partial charge in [0.2, 0.25) is 5.91 Å². The van der Waals surface area contributed by atoms with Gasteiger partial charge in [0.1, 0.15) is 0 Å². The molecule has 5 saturated carbocycles. The van der Waals surface area contributed by atoms with E-state index in [1.807, 2.05) is 11.5 Å². The Bertz CT molecular complexity index is 987. The van der Waals surface area contributed by atoms with Crippen molar-refractivity contribution in [2.75, 3.05) is 0 Å². The minimum absolute atomic E-state index is 0.0225. The van der Waals surface area contributed by atoms with E-state index >= 15 is 0 Å². The number of nitrogens with zero attached hydrogens (tertiary/aromatic N) is 2. The third-order valence-corrected chi connectivity index (χ3v) is 7.88. The predicted octanol–water partition coefficient (Wildman–Crippen LogP) is 2.93. The molecule has 0 spiro atoms. The zero-order valence-electron chi connectivity index (χ0n) is 15.7. The topological polar surface area (TPSA) is 67.2 Å². The lowest BCUT2D eigenvalue weighted by Crippen LogP contribution is -2.79. The Morgan fingerprint density at radius 1 is 1.25 bits per heavy atom. The summed E-state index contributed by atoms with van der Waals surface area (Å²) in [7, 11) is 0. The standard InChI is InChI=1S/C21H23F2N3O2/c1-10(19(27)25-20-6-21(28,7-20)8-20)18-12-2-11(3-13(12)18)26-9-24-16-4-14(22)15(23)5-17(16)26/h4-5,9-13,18,28H,2-3,6-8H2,1H3,(H,25,27)/t10?,11?,12-,13+,18?,20?,21?. The lowest BCUT2D eigenvalue weighted by molar-refractivity contribution is -0.221. The number of hydrogen-bond acceptors (Lipinski definition) is 3. The number of imidazole rings is 1. The Morgan fingerprint density at radius 3 is 2.54 bits per heavy atom. The van der Waals surface area contributed by atoms with Gasteiger partial charge in [0, 0.05) is 29.6 Å². The molecule has 0 radical (unpaired) electrons. The third-order valence-electron chi connectivity index (χ3n) is 7.88. The predicted molar refractivity (Wildman–Crippen MR) is 97.2 cm³/mol. The van der Waals surface area contributed by atoms with Crippen LogP contribution in [0, 0.1) is 35.3 Å². The summed E-state index contributed by atoms with van der Waals surface area (Å²) in [6.07, 6.45) is 5.66. The Balaban J connectivity index is 1.12. The summed E-state index contributed by atoms with van der Waals surface area (Å²) in [6, 6.07) is 2.60. The van der Waals surface area contributed by atoms with Crippen LogP contribution in [-0.2, 0) is 4.79 Å². The molecule has 1 aromatic heterocycles. The first-order valence-corrected chi connectivity index (χ1v) is 10.1. The van der Waals surface area contributed by atoms with E-state index in [1.54, 1.807) is 6.33 Å². The lowest BCUT2D eigenvalue weighted by atomic mass is 9.46. The lowest BCUT2D eigenvalue weighted by Gasteiger charge is -2.67. The molecule has 5 aliphatic carbocycles. The summed E-state index contributed by atoms with van der Waals surface area (Å²) in [4.78, 5) is 16.9. The van der Waals surface area contributed by atoms with Crippen LogP contribution < -0.4 is 5.32 Å². The van der Waals surface area contributed by atoms with Gasteiger partial charge in [-0.1, -0.05) is 6.92 Å². The molecule has 2 bridgehead atoms. The minimum Gasteiger partial charge on any atom is -0.390 e. The largest absolute Gasteiger partial charge is 0.390 e. The van der Waals surface area contributed by atoms with Crippen LogP contribution in [0.3, 0.4) is 0 Å². The Morgan fingerprint density at radius 2 is 1.89 bits per heavy atom. The number of nitrogens with one attached hydrogen (secondary N) is 1. The summed E-state index contributed by atoms with van der Waals surface area (Å²) in [6.45, 7) is 2.01. The third kappa shape index (κ3) is 2.19. The zero-order chi connectivity index (χ0) is 19.4. The molecule has 2 N–H and O–H groups in total. The van der Waals surface area contributed by atoms with Gasteiger partial charge in [0.05, 0.1) is 23.0 Å². The average Bonchev–Trinajstić information content (AvgIpc) is 2.92. The van der Waals surface area contributed by atoms with Crippen molar-refractivity contribution in [3.8, 4) is 0 Å². The van der Waals surface area contributed by atoms with Gasteiger partial charge in [0.25, 0.3) is 0 Å². The second kappa shape index (κ2) is 5.12. The molecule has 5 nitrogen and oxygen atoms in total. The number of fused-ring (bicyclic) bond motifs is 2. The highest BCUT2D eigenvalue weighted by atomic mass is 19.2. The molecule has 5 aliphatic rings. The quantitative estimate of drug-likeness (QED) is 0.848. The summed E-state index contributed by atoms with van der Waals surface area (Å²) in [5, 5.41) is 13.1. The smallest absolute Gasteiger partial charge is 0.223 e. The van der Waals surface area contributed by atoms with Crippen LogP contribution in [0.2, 0.25) is 0 Å². The summed E-state index contributed by atoms with van der Waals surface area (Å²) >= 11 is 0. The van der Waals surface area contributed by atoms with E-state index in [-0.39, 0.29) is 23.4 Å². The fourth-order valence-electron chi connectivity index (χ4n) is 6.56. The highest BCUT2D eigenvalue weighted by Crippen LogP contribution is 2.64. The first-order chi connectivity index (χ1) is 13.3. The van der Waals surface area contributed by atoms with Crippen molar-refractivity contribution in [2.24, 2.45) is 23.7 Å². The van der Waals surface area contributed by atoms with E-state index in [1.165, 1.54) is 6.07 Å². The molecule has 5 fully saturated rings. The van der Waals surface area contributed by atoms with Crippen LogP contribution in [0.5, 0.6) is 0 Å². The van der Waals surface area contributed by atoms with E-state index in [4.69, 9.17) is 0 Å². The van der Waals surface area contributed by atoms with E-state index in [0.717, 1.165) is 18.9 Å². The molecule has 0 aliphatic heterocycles. The number of aliphatic hydroxyl groups is 1. The van der Waals surface area contributed by atoms with Crippen molar-refractivity contribution in [3.63, 3.8) is 0 Å². The Kier molecular flexibility index (Phi) is 3.09. The van der Waals surface area contributed by atoms with Crippen LogP contribution >= 0.6 is 0 Å². The molecule has 7 rings (SSSR count). The minimum atomic E-state index is -0.872. The van der Waals surface area contributed by atoms with Gasteiger partial charge in [-0.3, -0.25) is 4.79 Å². The Hall–Kier alpha value is -2.02. The van der Waals surface area contributed by atoms with Crippen molar-refractivity contribution in [2.45, 2.75) is 56.2 Å². The molecule has 0 saturated heterocycles. The van der Waals surface area contributed by atoms with Crippen molar-refractivity contribution in [3.05, 3.63) is 30.1 Å². The highest BCUT2D eigenvalue weighted by molar-refractivity contribution is 5.81. The fraction of sp³-hybridized carbons (Fsp3) is 0.619. The number of carbonyl (C=O) groups excluding carboxylic acids is 1. The van der Waals surface area contributed by atoms with Crippen LogP contribution in [-0.4, -0.2) is 31.7 Å². The molecule has 148 valence electrons. The first kappa shape index (κ1) is 16.9. The normalized spacial score (nSPS) is 41.1. The van der Waals surface area contributed by atoms with Crippen LogP contribution in [0.4, 0.5) is 8.78 Å². The van der Waals surface area contributed by atoms with Crippen LogP contribution in [0.15, 0.2) is 18.5 Å². The number of amides is 1. The fourth-order valence-corrected chi connectivity index (χ4v) is 6.56. The van der Waals surface area contributed by atoms with Gasteiger partial charge in [-0.15, -0.1) is 0 Å². The molecule has 5 atom stereocenters. The van der Waals surface area contributed by atoms with Crippen LogP contribution in [0.1, 0.15) is 45.1 Å². The molecular weight excluding hydrogens is 364 g/mol. The number of halogens is 2. The van der Waals surface area contributed by atoms with Gasteiger partial charge >= 0.3 is 0 Å². The monoisotopic (exact) mass is 387 g/mol. The number of aromatic nitrogens is 2. The average molecular weight is 387 g/mol. The van der Waals surface area contributed by atoms with Gasteiger partial charge < -0.3 is 15.0 Å². The molecule has 28 heavy (non-hydrogen) atoms. The number of rotatable bonds is 4. The summed E-state index contributed by atoms with van der Waals surface area (Å²) < 4.78 is 29.0. The van der Waals surface area contributed by atoms with Crippen molar-refractivity contribution < 1.29 is 18.7 Å². The molecule has 1 amide bonds. The van der Waals surface area contributed by atoms with Gasteiger partial charge in [-0.2, -0.15) is 0 Å². The molecule has 2 aromatic rings. The molecule has 3 unspecified atom stereocenters. The zero-order valence-corrected chi connectivity index (χ0v) is 15.7. The van der Waals surface area contributed by atoms with Gasteiger partial charge in [-0.25, -0.2) is 13.8 Å². The SMILES string of the molecule is CC(C(=O)NC12CC(O)(C1)C2)C1[C@H]2CC(n3cnc4cc(F)c(F)cc43)C[C@@H]12. The molecule has 1 aromatic carbocycles. The summed E-state index contributed by atoms with van der Waals surface area (Å²) in [5.74, 6) is -0.220. The first-order valence-electron chi connectivity index (χ1n) is 10.1.